The smallest absolute Gasteiger partial charge is 0.225 e. The lowest BCUT2D eigenvalue weighted by Gasteiger charge is -2.22. The van der Waals surface area contributed by atoms with E-state index in [2.05, 4.69) is 29.7 Å². The summed E-state index contributed by atoms with van der Waals surface area (Å²) < 4.78 is 0. The summed E-state index contributed by atoms with van der Waals surface area (Å²) in [4.78, 5) is 11.8. The fraction of sp³-hybridized carbons (Fsp3) is 0.727. The molecule has 14 heavy (non-hydrogen) atoms. The highest BCUT2D eigenvalue weighted by Crippen LogP contribution is 2.12. The molecule has 0 aromatic carbocycles. The number of carbonyl (C=O) groups is 1. The highest BCUT2D eigenvalue weighted by molar-refractivity contribution is 5.79. The molecule has 0 radical (unpaired) electrons. The van der Waals surface area contributed by atoms with Crippen LogP contribution in [-0.2, 0) is 4.79 Å². The van der Waals surface area contributed by atoms with Crippen LogP contribution in [0.25, 0.3) is 0 Å². The molecule has 0 unspecified atom stereocenters. The summed E-state index contributed by atoms with van der Waals surface area (Å²) in [6, 6.07) is 0.477. The van der Waals surface area contributed by atoms with Gasteiger partial charge >= 0.3 is 0 Å². The van der Waals surface area contributed by atoms with Gasteiger partial charge in [0.2, 0.25) is 5.91 Å². The quantitative estimate of drug-likeness (QED) is 0.649. The number of carbonyl (C=O) groups excluding carboxylic acids is 1. The van der Waals surface area contributed by atoms with Gasteiger partial charge in [-0.05, 0) is 27.2 Å². The zero-order chi connectivity index (χ0) is 10.6. The van der Waals surface area contributed by atoms with Crippen molar-refractivity contribution in [1.82, 2.24) is 10.6 Å². The van der Waals surface area contributed by atoms with Crippen LogP contribution in [-0.4, -0.2) is 24.5 Å². The van der Waals surface area contributed by atoms with Gasteiger partial charge in [0, 0.05) is 18.6 Å². The summed E-state index contributed by atoms with van der Waals surface area (Å²) in [6.45, 7) is 6.91. The molecule has 0 spiro atoms. The van der Waals surface area contributed by atoms with Crippen LogP contribution < -0.4 is 10.6 Å². The van der Waals surface area contributed by atoms with E-state index >= 15 is 0 Å². The third kappa shape index (κ3) is 3.14. The lowest BCUT2D eigenvalue weighted by Crippen LogP contribution is -2.44. The number of rotatable bonds is 2. The zero-order valence-electron chi connectivity index (χ0n) is 9.21. The summed E-state index contributed by atoms with van der Waals surface area (Å²) in [5.41, 5.74) is 0. The Morgan fingerprint density at radius 2 is 2.21 bits per heavy atom. The number of hydrogen-bond acceptors (Lipinski definition) is 2. The van der Waals surface area contributed by atoms with Crippen LogP contribution in [0.2, 0.25) is 0 Å². The van der Waals surface area contributed by atoms with Crippen molar-refractivity contribution in [2.24, 2.45) is 5.92 Å². The predicted octanol–water partition coefficient (Wildman–Crippen LogP) is 1.07. The highest BCUT2D eigenvalue weighted by Gasteiger charge is 2.24. The van der Waals surface area contributed by atoms with Crippen LogP contribution in [0.3, 0.4) is 0 Å². The van der Waals surface area contributed by atoms with Gasteiger partial charge in [-0.25, -0.2) is 0 Å². The van der Waals surface area contributed by atoms with Gasteiger partial charge < -0.3 is 10.6 Å². The van der Waals surface area contributed by atoms with Gasteiger partial charge in [0.1, 0.15) is 0 Å². The van der Waals surface area contributed by atoms with Gasteiger partial charge in [-0.2, -0.15) is 0 Å². The van der Waals surface area contributed by atoms with Gasteiger partial charge in [-0.1, -0.05) is 12.2 Å². The van der Waals surface area contributed by atoms with E-state index in [1.807, 2.05) is 13.8 Å². The number of hydrogen-bond donors (Lipinski definition) is 2. The first-order valence-corrected chi connectivity index (χ1v) is 5.30. The maximum absolute atomic E-state index is 11.8. The molecule has 0 bridgehead atoms. The van der Waals surface area contributed by atoms with Crippen LogP contribution in [0.4, 0.5) is 0 Å². The Balaban J connectivity index is 2.55. The first kappa shape index (κ1) is 11.2. The number of allylic oxidation sites excluding steroid dienone is 1. The maximum atomic E-state index is 11.8. The fourth-order valence-electron chi connectivity index (χ4n) is 1.65. The van der Waals surface area contributed by atoms with Gasteiger partial charge in [-0.3, -0.25) is 4.79 Å². The van der Waals surface area contributed by atoms with Crippen LogP contribution in [0.15, 0.2) is 12.2 Å². The molecule has 3 heteroatoms. The third-order valence-electron chi connectivity index (χ3n) is 2.49. The lowest BCUT2D eigenvalue weighted by atomic mass is 9.97. The largest absolute Gasteiger partial charge is 0.354 e. The monoisotopic (exact) mass is 196 g/mol. The minimum absolute atomic E-state index is 0.0659. The van der Waals surface area contributed by atoms with Crippen molar-refractivity contribution in [3.05, 3.63) is 12.2 Å². The van der Waals surface area contributed by atoms with E-state index in [4.69, 9.17) is 0 Å². The molecule has 0 aromatic heterocycles. The second-order valence-electron chi connectivity index (χ2n) is 4.17. The molecule has 1 rings (SSSR count). The van der Waals surface area contributed by atoms with Gasteiger partial charge in [0.05, 0.1) is 5.92 Å². The first-order chi connectivity index (χ1) is 6.61. The summed E-state index contributed by atoms with van der Waals surface area (Å²) in [6.07, 6.45) is 5.01. The van der Waals surface area contributed by atoms with E-state index in [-0.39, 0.29) is 23.9 Å². The van der Waals surface area contributed by atoms with E-state index in [9.17, 15) is 4.79 Å². The van der Waals surface area contributed by atoms with Crippen LogP contribution in [0, 0.1) is 5.92 Å². The third-order valence-corrected chi connectivity index (χ3v) is 2.49. The minimum Gasteiger partial charge on any atom is -0.354 e. The summed E-state index contributed by atoms with van der Waals surface area (Å²) in [7, 11) is 0. The van der Waals surface area contributed by atoms with E-state index < -0.39 is 0 Å². The van der Waals surface area contributed by atoms with Crippen molar-refractivity contribution in [3.63, 3.8) is 0 Å². The molecule has 1 amide bonds. The molecular weight excluding hydrogens is 176 g/mol. The van der Waals surface area contributed by atoms with Crippen molar-refractivity contribution >= 4 is 5.91 Å². The van der Waals surface area contributed by atoms with Gasteiger partial charge in [0.15, 0.2) is 0 Å². The fourth-order valence-corrected chi connectivity index (χ4v) is 1.65. The molecule has 0 fully saturated rings. The SMILES string of the molecule is CC(C)NC(=O)[C@@H]1CC=CCN[C@@H]1C. The molecule has 2 atom stereocenters. The van der Waals surface area contributed by atoms with Crippen LogP contribution in [0.5, 0.6) is 0 Å². The van der Waals surface area contributed by atoms with E-state index in [0.717, 1.165) is 13.0 Å². The van der Waals surface area contributed by atoms with Crippen LogP contribution >= 0.6 is 0 Å². The van der Waals surface area contributed by atoms with Gasteiger partial charge in [0.25, 0.3) is 0 Å². The summed E-state index contributed by atoms with van der Waals surface area (Å²) in [5.74, 6) is 0.225. The normalized spacial score (nSPS) is 27.4. The Morgan fingerprint density at radius 1 is 1.50 bits per heavy atom. The molecule has 1 aliphatic heterocycles. The van der Waals surface area contributed by atoms with Gasteiger partial charge in [-0.15, -0.1) is 0 Å². The van der Waals surface area contributed by atoms with E-state index in [1.54, 1.807) is 0 Å². The molecule has 1 aliphatic rings. The zero-order valence-corrected chi connectivity index (χ0v) is 9.21. The first-order valence-electron chi connectivity index (χ1n) is 5.30. The van der Waals surface area contributed by atoms with Crippen molar-refractivity contribution in [2.45, 2.75) is 39.3 Å². The summed E-state index contributed by atoms with van der Waals surface area (Å²) in [5, 5.41) is 6.26. The molecule has 0 saturated carbocycles. The second-order valence-corrected chi connectivity index (χ2v) is 4.17. The molecule has 0 aliphatic carbocycles. The standard InChI is InChI=1S/C11H20N2O/c1-8(2)13-11(14)10-6-4-5-7-12-9(10)3/h4-5,8-10,12H,6-7H2,1-3H3,(H,13,14)/t9-,10-/m1/s1. The maximum Gasteiger partial charge on any atom is 0.225 e. The Labute approximate surface area is 86.0 Å². The Morgan fingerprint density at radius 3 is 2.86 bits per heavy atom. The Bertz CT molecular complexity index is 223. The Hall–Kier alpha value is -0.830. The highest BCUT2D eigenvalue weighted by atomic mass is 16.2. The average molecular weight is 196 g/mol. The average Bonchev–Trinajstić information content (AvgIpc) is 2.28. The van der Waals surface area contributed by atoms with Crippen molar-refractivity contribution in [3.8, 4) is 0 Å². The van der Waals surface area contributed by atoms with Crippen molar-refractivity contribution in [2.75, 3.05) is 6.54 Å². The van der Waals surface area contributed by atoms with Crippen molar-refractivity contribution in [1.29, 1.82) is 0 Å². The molecule has 80 valence electrons. The molecule has 2 N–H and O–H groups in total. The number of nitrogens with one attached hydrogen (secondary N) is 2. The summed E-state index contributed by atoms with van der Waals surface area (Å²) >= 11 is 0. The Kier molecular flexibility index (Phi) is 4.14. The predicted molar refractivity (Wildman–Crippen MR) is 58.0 cm³/mol. The minimum atomic E-state index is 0.0659. The van der Waals surface area contributed by atoms with Crippen molar-refractivity contribution < 1.29 is 4.79 Å². The molecule has 0 aromatic rings. The van der Waals surface area contributed by atoms with E-state index in [0.29, 0.717) is 0 Å². The topological polar surface area (TPSA) is 41.1 Å². The molecule has 0 saturated heterocycles. The second kappa shape index (κ2) is 5.15. The molecule has 1 heterocycles. The van der Waals surface area contributed by atoms with E-state index in [1.165, 1.54) is 0 Å². The lowest BCUT2D eigenvalue weighted by molar-refractivity contribution is -0.126. The molecular formula is C11H20N2O. The number of amides is 1. The molecule has 3 nitrogen and oxygen atoms in total. The van der Waals surface area contributed by atoms with Crippen LogP contribution in [0.1, 0.15) is 27.2 Å².